The minimum atomic E-state index is -3.80. The summed E-state index contributed by atoms with van der Waals surface area (Å²) in [5.74, 6) is 0.0561. The summed E-state index contributed by atoms with van der Waals surface area (Å²) in [6, 6.07) is 2.78. The lowest BCUT2D eigenvalue weighted by molar-refractivity contribution is 0.107. The van der Waals surface area contributed by atoms with Crippen LogP contribution in [-0.4, -0.2) is 26.2 Å². The molecule has 1 unspecified atom stereocenters. The summed E-state index contributed by atoms with van der Waals surface area (Å²) >= 11 is 8.99. The molecule has 1 aromatic rings. The van der Waals surface area contributed by atoms with E-state index in [0.29, 0.717) is 0 Å². The Balaban J connectivity index is 2.93. The maximum Gasteiger partial charge on any atom is 0.241 e. The number of aliphatic hydroxyl groups is 1. The van der Waals surface area contributed by atoms with Gasteiger partial charge in [0.25, 0.3) is 0 Å². The average Bonchev–Trinajstić information content (AvgIpc) is 2.42. The Morgan fingerprint density at radius 1 is 1.38 bits per heavy atom. The molecule has 5 nitrogen and oxygen atoms in total. The Morgan fingerprint density at radius 2 is 1.95 bits per heavy atom. The van der Waals surface area contributed by atoms with Gasteiger partial charge in [-0.15, -0.1) is 0 Å². The minimum Gasteiger partial charge on any atom is -0.398 e. The molecule has 1 aromatic carbocycles. The van der Waals surface area contributed by atoms with Gasteiger partial charge in [-0.3, -0.25) is 0 Å². The lowest BCUT2D eigenvalue weighted by atomic mass is 9.97. The minimum absolute atomic E-state index is 0.0377. The van der Waals surface area contributed by atoms with E-state index < -0.39 is 16.1 Å². The van der Waals surface area contributed by atoms with Crippen LogP contribution in [0.15, 0.2) is 21.5 Å². The highest BCUT2D eigenvalue weighted by Crippen LogP contribution is 2.31. The molecule has 8 heteroatoms. The number of hydrogen-bond donors (Lipinski definition) is 3. The van der Waals surface area contributed by atoms with Crippen LogP contribution in [0.1, 0.15) is 26.7 Å². The number of rotatable bonds is 7. The van der Waals surface area contributed by atoms with Gasteiger partial charge in [0, 0.05) is 17.3 Å². The highest BCUT2D eigenvalue weighted by atomic mass is 79.9. The molecule has 0 fully saturated rings. The third kappa shape index (κ3) is 4.82. The second-order valence-corrected chi connectivity index (χ2v) is 7.77. The molecule has 0 aromatic heterocycles. The summed E-state index contributed by atoms with van der Waals surface area (Å²) in [6.45, 7) is 3.87. The van der Waals surface area contributed by atoms with Crippen molar-refractivity contribution in [3.63, 3.8) is 0 Å². The fourth-order valence-electron chi connectivity index (χ4n) is 2.05. The van der Waals surface area contributed by atoms with Gasteiger partial charge in [-0.25, -0.2) is 13.1 Å². The molecule has 0 heterocycles. The van der Waals surface area contributed by atoms with Crippen molar-refractivity contribution in [2.24, 2.45) is 5.92 Å². The molecule has 0 amide bonds. The average molecular weight is 400 g/mol. The molecule has 0 radical (unpaired) electrons. The number of nitrogen functional groups attached to an aromatic ring is 1. The third-order valence-corrected chi connectivity index (χ3v) is 6.21. The lowest BCUT2D eigenvalue weighted by Crippen LogP contribution is -2.36. The normalized spacial score (nSPS) is 13.6. The smallest absolute Gasteiger partial charge is 0.241 e. The van der Waals surface area contributed by atoms with Gasteiger partial charge in [-0.1, -0.05) is 38.3 Å². The van der Waals surface area contributed by atoms with Crippen molar-refractivity contribution in [1.29, 1.82) is 0 Å². The van der Waals surface area contributed by atoms with Gasteiger partial charge in [0.1, 0.15) is 0 Å². The summed E-state index contributed by atoms with van der Waals surface area (Å²) in [4.78, 5) is -0.0377. The highest BCUT2D eigenvalue weighted by molar-refractivity contribution is 9.10. The molecule has 120 valence electrons. The van der Waals surface area contributed by atoms with Crippen LogP contribution in [0.5, 0.6) is 0 Å². The Bertz CT molecular complexity index is 591. The van der Waals surface area contributed by atoms with Crippen molar-refractivity contribution in [3.05, 3.63) is 21.6 Å². The van der Waals surface area contributed by atoms with Gasteiger partial charge in [-0.05, 0) is 34.0 Å². The number of aliphatic hydroxyl groups excluding tert-OH is 1. The fraction of sp³-hybridized carbons (Fsp3) is 0.538. The fourth-order valence-corrected chi connectivity index (χ4v) is 4.39. The largest absolute Gasteiger partial charge is 0.398 e. The number of benzene rings is 1. The molecule has 0 saturated carbocycles. The van der Waals surface area contributed by atoms with E-state index in [4.69, 9.17) is 17.3 Å². The first-order valence-corrected chi connectivity index (χ1v) is 9.30. The SMILES string of the molecule is CCC(CC)C(O)CNS(=O)(=O)c1cc(Cl)cc(N)c1Br. The summed E-state index contributed by atoms with van der Waals surface area (Å²) in [5, 5.41) is 10.2. The molecule has 0 aliphatic carbocycles. The van der Waals surface area contributed by atoms with E-state index in [9.17, 15) is 13.5 Å². The van der Waals surface area contributed by atoms with E-state index in [2.05, 4.69) is 20.7 Å². The van der Waals surface area contributed by atoms with Gasteiger partial charge in [0.2, 0.25) is 10.0 Å². The monoisotopic (exact) mass is 398 g/mol. The van der Waals surface area contributed by atoms with Crippen molar-refractivity contribution in [2.75, 3.05) is 12.3 Å². The van der Waals surface area contributed by atoms with Gasteiger partial charge in [0.15, 0.2) is 0 Å². The standard InChI is InChI=1S/C13H20BrClN2O3S/c1-3-8(4-2)11(18)7-17-21(19,20)12-6-9(15)5-10(16)13(12)14/h5-6,8,11,17-18H,3-4,7,16H2,1-2H3. The van der Waals surface area contributed by atoms with E-state index in [1.54, 1.807) is 0 Å². The number of sulfonamides is 1. The number of hydrogen-bond acceptors (Lipinski definition) is 4. The Morgan fingerprint density at radius 3 is 2.48 bits per heavy atom. The lowest BCUT2D eigenvalue weighted by Gasteiger charge is -2.20. The molecule has 0 aliphatic heterocycles. The van der Waals surface area contributed by atoms with E-state index in [0.717, 1.165) is 12.8 Å². The molecule has 1 atom stereocenters. The Labute approximate surface area is 139 Å². The molecule has 1 rings (SSSR count). The maximum atomic E-state index is 12.3. The van der Waals surface area contributed by atoms with Crippen LogP contribution in [0.2, 0.25) is 5.02 Å². The van der Waals surface area contributed by atoms with E-state index >= 15 is 0 Å². The van der Waals surface area contributed by atoms with Crippen molar-refractivity contribution >= 4 is 43.2 Å². The predicted molar refractivity (Wildman–Crippen MR) is 88.8 cm³/mol. The van der Waals surface area contributed by atoms with Crippen LogP contribution in [0.3, 0.4) is 0 Å². The van der Waals surface area contributed by atoms with Crippen molar-refractivity contribution < 1.29 is 13.5 Å². The summed E-state index contributed by atoms with van der Waals surface area (Å²) < 4.78 is 27.2. The molecular weight excluding hydrogens is 380 g/mol. The molecule has 0 spiro atoms. The van der Waals surface area contributed by atoms with Crippen molar-refractivity contribution in [1.82, 2.24) is 4.72 Å². The zero-order valence-electron chi connectivity index (χ0n) is 11.9. The quantitative estimate of drug-likeness (QED) is 0.615. The van der Waals surface area contributed by atoms with Crippen molar-refractivity contribution in [3.8, 4) is 0 Å². The van der Waals surface area contributed by atoms with Crippen LogP contribution in [0.4, 0.5) is 5.69 Å². The summed E-state index contributed by atoms with van der Waals surface area (Å²) in [6.07, 6.45) is 0.838. The van der Waals surface area contributed by atoms with Crippen LogP contribution < -0.4 is 10.5 Å². The first-order valence-electron chi connectivity index (χ1n) is 6.65. The zero-order valence-corrected chi connectivity index (χ0v) is 15.1. The van der Waals surface area contributed by atoms with E-state index in [-0.39, 0.29) is 32.5 Å². The van der Waals surface area contributed by atoms with Gasteiger partial charge < -0.3 is 10.8 Å². The molecule has 4 N–H and O–H groups in total. The number of anilines is 1. The second-order valence-electron chi connectivity index (χ2n) is 4.80. The molecule has 0 saturated heterocycles. The number of nitrogens with two attached hydrogens (primary N) is 1. The molecular formula is C13H20BrClN2O3S. The number of halogens is 2. The first kappa shape index (κ1) is 18.7. The van der Waals surface area contributed by atoms with Crippen LogP contribution in [-0.2, 0) is 10.0 Å². The van der Waals surface area contributed by atoms with Gasteiger partial charge in [-0.2, -0.15) is 0 Å². The second kappa shape index (κ2) is 7.78. The molecule has 21 heavy (non-hydrogen) atoms. The van der Waals surface area contributed by atoms with Crippen LogP contribution >= 0.6 is 27.5 Å². The molecule has 0 bridgehead atoms. The van der Waals surface area contributed by atoms with Gasteiger partial charge >= 0.3 is 0 Å². The highest BCUT2D eigenvalue weighted by Gasteiger charge is 2.23. The summed E-state index contributed by atoms with van der Waals surface area (Å²) in [5.41, 5.74) is 5.93. The van der Waals surface area contributed by atoms with Crippen molar-refractivity contribution in [2.45, 2.75) is 37.7 Å². The Kier molecular flexibility index (Phi) is 6.93. The number of nitrogens with one attached hydrogen (secondary N) is 1. The first-order chi connectivity index (χ1) is 9.72. The topological polar surface area (TPSA) is 92.4 Å². The van der Waals surface area contributed by atoms with E-state index in [1.807, 2.05) is 13.8 Å². The van der Waals surface area contributed by atoms with E-state index in [1.165, 1.54) is 12.1 Å². The van der Waals surface area contributed by atoms with Crippen LogP contribution in [0.25, 0.3) is 0 Å². The predicted octanol–water partition coefficient (Wildman–Crippen LogP) is 2.76. The zero-order chi connectivity index (χ0) is 16.2. The summed E-state index contributed by atoms with van der Waals surface area (Å²) in [7, 11) is -3.80. The molecule has 0 aliphatic rings. The third-order valence-electron chi connectivity index (χ3n) is 3.40. The Hall–Kier alpha value is -0.340. The maximum absolute atomic E-state index is 12.3. The van der Waals surface area contributed by atoms with Gasteiger partial charge in [0.05, 0.1) is 15.5 Å². The van der Waals surface area contributed by atoms with Crippen LogP contribution in [0, 0.1) is 5.92 Å².